The summed E-state index contributed by atoms with van der Waals surface area (Å²) in [5.74, 6) is 0.413. The van der Waals surface area contributed by atoms with E-state index in [0.29, 0.717) is 11.4 Å². The lowest BCUT2D eigenvalue weighted by Crippen LogP contribution is -2.16. The van der Waals surface area contributed by atoms with Crippen molar-refractivity contribution in [2.45, 2.75) is 29.7 Å². The number of carbonyl (C=O) groups is 1. The predicted octanol–water partition coefficient (Wildman–Crippen LogP) is 3.91. The van der Waals surface area contributed by atoms with E-state index in [0.717, 1.165) is 0 Å². The Morgan fingerprint density at radius 1 is 1.04 bits per heavy atom. The highest BCUT2D eigenvalue weighted by molar-refractivity contribution is 7.91. The number of benzene rings is 2. The lowest BCUT2D eigenvalue weighted by molar-refractivity contribution is 0.215. The minimum Gasteiger partial charge on any atom is -0.410 e. The Morgan fingerprint density at radius 3 is 2.30 bits per heavy atom. The van der Waals surface area contributed by atoms with Crippen molar-refractivity contribution in [3.63, 3.8) is 0 Å². The molecule has 140 valence electrons. The average Bonchev–Trinajstić information content (AvgIpc) is 3.14. The molecule has 1 amide bonds. The van der Waals surface area contributed by atoms with E-state index in [-0.39, 0.29) is 15.8 Å². The van der Waals surface area contributed by atoms with Crippen molar-refractivity contribution in [3.05, 3.63) is 67.0 Å². The SMILES string of the molecule is CC(C)n1cc(S(=O)(=O)c2ccc(NC(=O)Oc3ccccc3)cc2)cn1. The second-order valence-corrected chi connectivity index (χ2v) is 8.05. The van der Waals surface area contributed by atoms with Crippen LogP contribution in [0.2, 0.25) is 0 Å². The Balaban J connectivity index is 1.71. The first-order valence-corrected chi connectivity index (χ1v) is 9.78. The van der Waals surface area contributed by atoms with Crippen LogP contribution < -0.4 is 10.1 Å². The minimum atomic E-state index is -3.67. The maximum atomic E-state index is 12.7. The molecular weight excluding hydrogens is 366 g/mol. The number of hydrogen-bond donors (Lipinski definition) is 1. The van der Waals surface area contributed by atoms with Crippen LogP contribution in [0.1, 0.15) is 19.9 Å². The molecule has 27 heavy (non-hydrogen) atoms. The zero-order valence-electron chi connectivity index (χ0n) is 14.9. The summed E-state index contributed by atoms with van der Waals surface area (Å²) in [5, 5.41) is 6.62. The Kier molecular flexibility index (Phi) is 5.27. The first kappa shape index (κ1) is 18.7. The van der Waals surface area contributed by atoms with Crippen LogP contribution in [0.3, 0.4) is 0 Å². The molecule has 2 aromatic carbocycles. The number of carbonyl (C=O) groups excluding carboxylic acids is 1. The van der Waals surface area contributed by atoms with Crippen molar-refractivity contribution in [2.75, 3.05) is 5.32 Å². The number of rotatable bonds is 5. The summed E-state index contributed by atoms with van der Waals surface area (Å²) in [7, 11) is -3.67. The number of anilines is 1. The fraction of sp³-hybridized carbons (Fsp3) is 0.158. The summed E-state index contributed by atoms with van der Waals surface area (Å²) >= 11 is 0. The molecule has 1 N–H and O–H groups in total. The van der Waals surface area contributed by atoms with Gasteiger partial charge in [-0.25, -0.2) is 13.2 Å². The molecule has 0 unspecified atom stereocenters. The quantitative estimate of drug-likeness (QED) is 0.719. The molecule has 0 aliphatic heterocycles. The van der Waals surface area contributed by atoms with Gasteiger partial charge in [-0.1, -0.05) is 18.2 Å². The van der Waals surface area contributed by atoms with Gasteiger partial charge in [0.25, 0.3) is 0 Å². The van der Waals surface area contributed by atoms with E-state index in [2.05, 4.69) is 10.4 Å². The maximum Gasteiger partial charge on any atom is 0.417 e. The van der Waals surface area contributed by atoms with E-state index in [1.165, 1.54) is 36.7 Å². The van der Waals surface area contributed by atoms with Crippen molar-refractivity contribution in [2.24, 2.45) is 0 Å². The van der Waals surface area contributed by atoms with Gasteiger partial charge in [-0.05, 0) is 50.2 Å². The average molecular weight is 385 g/mol. The Morgan fingerprint density at radius 2 is 1.70 bits per heavy atom. The van der Waals surface area contributed by atoms with Crippen LogP contribution in [-0.4, -0.2) is 24.3 Å². The van der Waals surface area contributed by atoms with Crippen LogP contribution >= 0.6 is 0 Å². The van der Waals surface area contributed by atoms with Gasteiger partial charge in [-0.3, -0.25) is 10.00 Å². The molecule has 8 heteroatoms. The van der Waals surface area contributed by atoms with Gasteiger partial charge < -0.3 is 4.74 Å². The summed E-state index contributed by atoms with van der Waals surface area (Å²) in [4.78, 5) is 12.1. The van der Waals surface area contributed by atoms with E-state index in [9.17, 15) is 13.2 Å². The van der Waals surface area contributed by atoms with E-state index in [1.54, 1.807) is 28.9 Å². The van der Waals surface area contributed by atoms with Crippen LogP contribution in [0.4, 0.5) is 10.5 Å². The molecule has 0 radical (unpaired) electrons. The number of hydrogen-bond acceptors (Lipinski definition) is 5. The van der Waals surface area contributed by atoms with Crippen molar-refractivity contribution in [1.29, 1.82) is 0 Å². The fourth-order valence-corrected chi connectivity index (χ4v) is 3.53. The van der Waals surface area contributed by atoms with E-state index >= 15 is 0 Å². The molecule has 7 nitrogen and oxygen atoms in total. The third-order valence-electron chi connectivity index (χ3n) is 3.78. The van der Waals surface area contributed by atoms with Gasteiger partial charge in [0.05, 0.1) is 11.1 Å². The van der Waals surface area contributed by atoms with Gasteiger partial charge in [0.1, 0.15) is 10.6 Å². The monoisotopic (exact) mass is 385 g/mol. The van der Waals surface area contributed by atoms with Gasteiger partial charge in [0.15, 0.2) is 0 Å². The van der Waals surface area contributed by atoms with Crippen LogP contribution in [0.15, 0.2) is 76.8 Å². The molecule has 0 saturated heterocycles. The second-order valence-electron chi connectivity index (χ2n) is 6.11. The van der Waals surface area contributed by atoms with Gasteiger partial charge in [-0.15, -0.1) is 0 Å². The number of amides is 1. The summed E-state index contributed by atoms with van der Waals surface area (Å²) in [5.41, 5.74) is 0.424. The highest BCUT2D eigenvalue weighted by Gasteiger charge is 2.20. The Bertz CT molecular complexity index is 1030. The minimum absolute atomic E-state index is 0.0659. The summed E-state index contributed by atoms with van der Waals surface area (Å²) in [6.07, 6.45) is 2.18. The number of ether oxygens (including phenoxy) is 1. The van der Waals surface area contributed by atoms with Crippen LogP contribution in [-0.2, 0) is 9.84 Å². The topological polar surface area (TPSA) is 90.3 Å². The Labute approximate surface area is 157 Å². The number of nitrogens with one attached hydrogen (secondary N) is 1. The summed E-state index contributed by atoms with van der Waals surface area (Å²) < 4.78 is 32.1. The van der Waals surface area contributed by atoms with Crippen LogP contribution in [0, 0.1) is 0 Å². The van der Waals surface area contributed by atoms with Crippen molar-refractivity contribution in [1.82, 2.24) is 9.78 Å². The normalized spacial score (nSPS) is 11.4. The molecule has 0 bridgehead atoms. The van der Waals surface area contributed by atoms with E-state index < -0.39 is 15.9 Å². The van der Waals surface area contributed by atoms with Crippen molar-refractivity contribution < 1.29 is 17.9 Å². The third kappa shape index (κ3) is 4.35. The molecule has 0 aliphatic carbocycles. The lowest BCUT2D eigenvalue weighted by Gasteiger charge is -2.08. The number of aromatic nitrogens is 2. The Hall–Kier alpha value is -3.13. The summed E-state index contributed by atoms with van der Waals surface area (Å²) in [6, 6.07) is 14.6. The van der Waals surface area contributed by atoms with Crippen molar-refractivity contribution >= 4 is 21.6 Å². The fourth-order valence-electron chi connectivity index (χ4n) is 2.33. The molecular formula is C19H19N3O4S. The molecule has 3 aromatic rings. The zero-order chi connectivity index (χ0) is 19.4. The van der Waals surface area contributed by atoms with Gasteiger partial charge in [0, 0.05) is 17.9 Å². The highest BCUT2D eigenvalue weighted by atomic mass is 32.2. The summed E-state index contributed by atoms with van der Waals surface area (Å²) in [6.45, 7) is 3.83. The molecule has 0 saturated carbocycles. The molecule has 0 aliphatic rings. The van der Waals surface area contributed by atoms with Gasteiger partial charge in [0.2, 0.25) is 9.84 Å². The molecule has 0 atom stereocenters. The third-order valence-corrected chi connectivity index (χ3v) is 5.51. The first-order valence-electron chi connectivity index (χ1n) is 8.29. The van der Waals surface area contributed by atoms with Gasteiger partial charge in [-0.2, -0.15) is 5.10 Å². The zero-order valence-corrected chi connectivity index (χ0v) is 15.7. The van der Waals surface area contributed by atoms with Crippen LogP contribution in [0.5, 0.6) is 5.75 Å². The van der Waals surface area contributed by atoms with E-state index in [4.69, 9.17) is 4.74 Å². The number of nitrogens with zero attached hydrogens (tertiary/aromatic N) is 2. The molecule has 3 rings (SSSR count). The predicted molar refractivity (Wildman–Crippen MR) is 101 cm³/mol. The number of sulfone groups is 1. The van der Waals surface area contributed by atoms with Gasteiger partial charge >= 0.3 is 6.09 Å². The highest BCUT2D eigenvalue weighted by Crippen LogP contribution is 2.23. The first-order chi connectivity index (χ1) is 12.9. The largest absolute Gasteiger partial charge is 0.417 e. The number of para-hydroxylation sites is 1. The molecule has 1 heterocycles. The van der Waals surface area contributed by atoms with Crippen LogP contribution in [0.25, 0.3) is 0 Å². The molecule has 0 spiro atoms. The lowest BCUT2D eigenvalue weighted by atomic mass is 10.3. The second kappa shape index (κ2) is 7.63. The molecule has 0 fully saturated rings. The van der Waals surface area contributed by atoms with E-state index in [1.807, 2.05) is 19.9 Å². The smallest absolute Gasteiger partial charge is 0.410 e. The molecule has 1 aromatic heterocycles. The van der Waals surface area contributed by atoms with Crippen molar-refractivity contribution in [3.8, 4) is 5.75 Å². The maximum absolute atomic E-state index is 12.7. The standard InChI is InChI=1S/C19H19N3O4S/c1-14(2)22-13-18(12-20-22)27(24,25)17-10-8-15(9-11-17)21-19(23)26-16-6-4-3-5-7-16/h3-14H,1-2H3,(H,21,23).